The summed E-state index contributed by atoms with van der Waals surface area (Å²) in [7, 11) is -1.95. The molecule has 0 amide bonds. The van der Waals surface area contributed by atoms with E-state index in [1.165, 1.54) is 4.31 Å². The maximum Gasteiger partial charge on any atom is 0.243 e. The minimum Gasteiger partial charge on any atom is -0.496 e. The lowest BCUT2D eigenvalue weighted by Crippen LogP contribution is -2.30. The molecule has 0 bridgehead atoms. The molecule has 0 aromatic heterocycles. The molecule has 0 spiro atoms. The normalized spacial score (nSPS) is 11.7. The van der Waals surface area contributed by atoms with Gasteiger partial charge in [-0.15, -0.1) is 0 Å². The van der Waals surface area contributed by atoms with Gasteiger partial charge in [0.1, 0.15) is 5.75 Å². The fraction of sp³-hybridized carbons (Fsp3) is 0.333. The van der Waals surface area contributed by atoms with Gasteiger partial charge >= 0.3 is 0 Å². The van der Waals surface area contributed by atoms with Gasteiger partial charge in [0.2, 0.25) is 10.0 Å². The van der Waals surface area contributed by atoms with Crippen molar-refractivity contribution >= 4 is 10.0 Å². The first-order valence-corrected chi connectivity index (χ1v) is 9.03. The van der Waals surface area contributed by atoms with E-state index in [0.29, 0.717) is 18.0 Å². The van der Waals surface area contributed by atoms with Crippen LogP contribution in [0.3, 0.4) is 0 Å². The van der Waals surface area contributed by atoms with E-state index in [9.17, 15) is 8.42 Å². The number of hydrogen-bond acceptors (Lipinski definition) is 3. The summed E-state index contributed by atoms with van der Waals surface area (Å²) < 4.78 is 32.7. The molecule has 0 unspecified atom stereocenters. The Morgan fingerprint density at radius 2 is 1.61 bits per heavy atom. The van der Waals surface area contributed by atoms with Gasteiger partial charge in [-0.3, -0.25) is 0 Å². The third-order valence-electron chi connectivity index (χ3n) is 3.83. The van der Waals surface area contributed by atoms with Gasteiger partial charge in [-0.25, -0.2) is 8.42 Å². The molecule has 0 aliphatic heterocycles. The van der Waals surface area contributed by atoms with Gasteiger partial charge < -0.3 is 4.74 Å². The first-order valence-electron chi connectivity index (χ1n) is 7.59. The maximum absolute atomic E-state index is 13.0. The molecule has 0 radical (unpaired) electrons. The number of sulfonamides is 1. The molecular weight excluding hydrogens is 310 g/mol. The van der Waals surface area contributed by atoms with E-state index in [1.54, 1.807) is 19.2 Å². The Kier molecular flexibility index (Phi) is 5.44. The van der Waals surface area contributed by atoms with Crippen LogP contribution < -0.4 is 4.74 Å². The summed E-state index contributed by atoms with van der Waals surface area (Å²) in [5.41, 5.74) is 2.61. The monoisotopic (exact) mass is 333 g/mol. The molecule has 4 nitrogen and oxygen atoms in total. The zero-order valence-corrected chi connectivity index (χ0v) is 14.9. The third-order valence-corrected chi connectivity index (χ3v) is 5.73. The van der Waals surface area contributed by atoms with E-state index < -0.39 is 10.0 Å². The van der Waals surface area contributed by atoms with Crippen molar-refractivity contribution in [3.8, 4) is 5.75 Å². The predicted molar refractivity (Wildman–Crippen MR) is 92.2 cm³/mol. The van der Waals surface area contributed by atoms with Crippen LogP contribution >= 0.6 is 0 Å². The first kappa shape index (κ1) is 17.5. The van der Waals surface area contributed by atoms with Gasteiger partial charge in [-0.1, -0.05) is 37.3 Å². The number of hydrogen-bond donors (Lipinski definition) is 0. The summed E-state index contributed by atoms with van der Waals surface area (Å²) in [6.45, 7) is 6.35. The van der Waals surface area contributed by atoms with Crippen molar-refractivity contribution in [2.75, 3.05) is 13.7 Å². The van der Waals surface area contributed by atoms with Crippen molar-refractivity contribution < 1.29 is 13.2 Å². The van der Waals surface area contributed by atoms with Crippen molar-refractivity contribution in [1.82, 2.24) is 4.31 Å². The van der Waals surface area contributed by atoms with Gasteiger partial charge in [0.25, 0.3) is 0 Å². The second kappa shape index (κ2) is 7.15. The van der Waals surface area contributed by atoms with Crippen LogP contribution in [-0.4, -0.2) is 26.4 Å². The summed E-state index contributed by atoms with van der Waals surface area (Å²) >= 11 is 0. The van der Waals surface area contributed by atoms with Crippen LogP contribution in [0.15, 0.2) is 47.4 Å². The number of benzene rings is 2. The highest BCUT2D eigenvalue weighted by atomic mass is 32.2. The van der Waals surface area contributed by atoms with Crippen LogP contribution in [0.2, 0.25) is 0 Å². The summed E-state index contributed by atoms with van der Waals surface area (Å²) in [5.74, 6) is 0.732. The Labute approximate surface area is 138 Å². The van der Waals surface area contributed by atoms with Gasteiger partial charge in [-0.05, 0) is 42.7 Å². The fourth-order valence-corrected chi connectivity index (χ4v) is 4.29. The molecule has 0 N–H and O–H groups in total. The number of aryl methyl sites for hydroxylation is 2. The quantitative estimate of drug-likeness (QED) is 0.812. The second-order valence-electron chi connectivity index (χ2n) is 5.51. The van der Waals surface area contributed by atoms with Gasteiger partial charge in [-0.2, -0.15) is 4.31 Å². The van der Waals surface area contributed by atoms with E-state index in [1.807, 2.05) is 51.1 Å². The molecule has 124 valence electrons. The average molecular weight is 333 g/mol. The van der Waals surface area contributed by atoms with E-state index in [0.717, 1.165) is 22.4 Å². The lowest BCUT2D eigenvalue weighted by atomic mass is 10.1. The SMILES string of the molecule is CCN(Cc1ccccc1)S(=O)(=O)c1cc(C)c(OC)c(C)c1. The molecule has 5 heteroatoms. The van der Waals surface area contributed by atoms with Gasteiger partial charge in [0.15, 0.2) is 0 Å². The fourth-order valence-electron chi connectivity index (χ4n) is 2.68. The third kappa shape index (κ3) is 3.74. The van der Waals surface area contributed by atoms with Crippen molar-refractivity contribution in [3.63, 3.8) is 0 Å². The molecule has 0 aliphatic carbocycles. The molecule has 2 aromatic carbocycles. The Morgan fingerprint density at radius 1 is 1.04 bits per heavy atom. The molecule has 2 rings (SSSR count). The highest BCUT2D eigenvalue weighted by Crippen LogP contribution is 2.28. The molecule has 0 saturated carbocycles. The van der Waals surface area contributed by atoms with Crippen LogP contribution in [0.25, 0.3) is 0 Å². The molecule has 0 saturated heterocycles. The largest absolute Gasteiger partial charge is 0.496 e. The highest BCUT2D eigenvalue weighted by molar-refractivity contribution is 7.89. The highest BCUT2D eigenvalue weighted by Gasteiger charge is 2.24. The topological polar surface area (TPSA) is 46.6 Å². The minimum atomic E-state index is -3.54. The lowest BCUT2D eigenvalue weighted by Gasteiger charge is -2.22. The summed E-state index contributed by atoms with van der Waals surface area (Å²) in [6.07, 6.45) is 0. The molecular formula is C18H23NO3S. The smallest absolute Gasteiger partial charge is 0.243 e. The predicted octanol–water partition coefficient (Wildman–Crippen LogP) is 3.52. The van der Waals surface area contributed by atoms with Crippen LogP contribution in [0.4, 0.5) is 0 Å². The van der Waals surface area contributed by atoms with E-state index in [2.05, 4.69) is 0 Å². The molecule has 0 fully saturated rings. The lowest BCUT2D eigenvalue weighted by molar-refractivity contribution is 0.407. The van der Waals surface area contributed by atoms with Crippen molar-refractivity contribution in [3.05, 3.63) is 59.2 Å². The maximum atomic E-state index is 13.0. The van der Waals surface area contributed by atoms with Crippen LogP contribution in [0.5, 0.6) is 5.75 Å². The molecule has 0 atom stereocenters. The zero-order chi connectivity index (χ0) is 17.0. The second-order valence-corrected chi connectivity index (χ2v) is 7.45. The Morgan fingerprint density at radius 3 is 2.09 bits per heavy atom. The van der Waals surface area contributed by atoms with Crippen LogP contribution in [-0.2, 0) is 16.6 Å². The van der Waals surface area contributed by atoms with E-state index >= 15 is 0 Å². The number of nitrogens with zero attached hydrogens (tertiary/aromatic N) is 1. The Hall–Kier alpha value is -1.85. The standard InChI is InChI=1S/C18H23NO3S/c1-5-19(13-16-9-7-6-8-10-16)23(20,21)17-11-14(2)18(22-4)15(3)12-17/h6-12H,5,13H2,1-4H3. The van der Waals surface area contributed by atoms with Crippen molar-refractivity contribution in [2.24, 2.45) is 0 Å². The molecule has 23 heavy (non-hydrogen) atoms. The molecule has 0 aliphatic rings. The first-order chi connectivity index (χ1) is 10.9. The van der Waals surface area contributed by atoms with E-state index in [4.69, 9.17) is 4.74 Å². The number of rotatable bonds is 6. The summed E-state index contributed by atoms with van der Waals surface area (Å²) in [5, 5.41) is 0. The summed E-state index contributed by atoms with van der Waals surface area (Å²) in [6, 6.07) is 13.0. The number of methoxy groups -OCH3 is 1. The van der Waals surface area contributed by atoms with E-state index in [-0.39, 0.29) is 0 Å². The summed E-state index contributed by atoms with van der Waals surface area (Å²) in [4.78, 5) is 0.311. The minimum absolute atomic E-state index is 0.311. The van der Waals surface area contributed by atoms with Gasteiger partial charge in [0.05, 0.1) is 12.0 Å². The molecule has 0 heterocycles. The van der Waals surface area contributed by atoms with Crippen LogP contribution in [0, 0.1) is 13.8 Å². The van der Waals surface area contributed by atoms with Gasteiger partial charge in [0, 0.05) is 13.1 Å². The van der Waals surface area contributed by atoms with Crippen molar-refractivity contribution in [2.45, 2.75) is 32.2 Å². The van der Waals surface area contributed by atoms with Crippen LogP contribution in [0.1, 0.15) is 23.6 Å². The van der Waals surface area contributed by atoms with Crippen molar-refractivity contribution in [1.29, 1.82) is 0 Å². The number of ether oxygens (including phenoxy) is 1. The molecule has 2 aromatic rings. The Bertz CT molecular complexity index is 747. The zero-order valence-electron chi connectivity index (χ0n) is 14.0. The Balaban J connectivity index is 2.39. The average Bonchev–Trinajstić information content (AvgIpc) is 2.53.